The first kappa shape index (κ1) is 14.8. The molecule has 0 aliphatic heterocycles. The van der Waals surface area contributed by atoms with E-state index in [1.807, 2.05) is 13.1 Å². The minimum absolute atomic E-state index is 0.361. The summed E-state index contributed by atoms with van der Waals surface area (Å²) in [5.41, 5.74) is 1.35. The maximum atomic E-state index is 12.4. The molecule has 0 saturated carbocycles. The molecule has 1 aromatic carbocycles. The molecule has 0 radical (unpaired) electrons. The fraction of sp³-hybridized carbons (Fsp3) is 0.429. The summed E-state index contributed by atoms with van der Waals surface area (Å²) in [4.78, 5) is 0. The Bertz CT molecular complexity index is 402. The SMILES string of the molecule is CNCC(=Cc1ccc(C(F)(F)F)cc1)C(C)C. The average Bonchev–Trinajstić information content (AvgIpc) is 2.28. The molecule has 0 atom stereocenters. The van der Waals surface area contributed by atoms with Crippen molar-refractivity contribution in [3.05, 3.63) is 41.0 Å². The highest BCUT2D eigenvalue weighted by Gasteiger charge is 2.29. The summed E-state index contributed by atoms with van der Waals surface area (Å²) >= 11 is 0. The molecular formula is C14H18F3N. The van der Waals surface area contributed by atoms with E-state index in [4.69, 9.17) is 0 Å². The van der Waals surface area contributed by atoms with Gasteiger partial charge in [-0.25, -0.2) is 0 Å². The van der Waals surface area contributed by atoms with Crippen LogP contribution in [0, 0.1) is 5.92 Å². The second-order valence-corrected chi connectivity index (χ2v) is 4.52. The first-order chi connectivity index (χ1) is 8.34. The lowest BCUT2D eigenvalue weighted by molar-refractivity contribution is -0.137. The zero-order valence-corrected chi connectivity index (χ0v) is 10.8. The lowest BCUT2D eigenvalue weighted by Crippen LogP contribution is -2.13. The normalized spacial score (nSPS) is 13.2. The molecule has 0 fully saturated rings. The molecule has 0 unspecified atom stereocenters. The van der Waals surface area contributed by atoms with Crippen molar-refractivity contribution >= 4 is 6.08 Å². The molecule has 0 spiro atoms. The Hall–Kier alpha value is -1.29. The van der Waals surface area contributed by atoms with E-state index in [0.29, 0.717) is 5.92 Å². The Labute approximate surface area is 106 Å². The Morgan fingerprint density at radius 1 is 1.22 bits per heavy atom. The van der Waals surface area contributed by atoms with Crippen LogP contribution in [0.2, 0.25) is 0 Å². The van der Waals surface area contributed by atoms with Crippen LogP contribution >= 0.6 is 0 Å². The van der Waals surface area contributed by atoms with E-state index in [1.54, 1.807) is 0 Å². The van der Waals surface area contributed by atoms with Gasteiger partial charge < -0.3 is 5.32 Å². The molecule has 0 aliphatic carbocycles. The fourth-order valence-corrected chi connectivity index (χ4v) is 1.61. The van der Waals surface area contributed by atoms with Gasteiger partial charge in [0.2, 0.25) is 0 Å². The van der Waals surface area contributed by atoms with Crippen LogP contribution in [0.5, 0.6) is 0 Å². The van der Waals surface area contributed by atoms with Crippen molar-refractivity contribution in [2.24, 2.45) is 5.92 Å². The first-order valence-corrected chi connectivity index (χ1v) is 5.87. The van der Waals surface area contributed by atoms with Gasteiger partial charge in [0.25, 0.3) is 0 Å². The summed E-state index contributed by atoms with van der Waals surface area (Å²) < 4.78 is 37.2. The number of hydrogen-bond acceptors (Lipinski definition) is 1. The molecular weight excluding hydrogens is 239 g/mol. The van der Waals surface area contributed by atoms with E-state index >= 15 is 0 Å². The van der Waals surface area contributed by atoms with Crippen LogP contribution in [0.3, 0.4) is 0 Å². The minimum Gasteiger partial charge on any atom is -0.316 e. The summed E-state index contributed by atoms with van der Waals surface area (Å²) in [6, 6.07) is 5.23. The van der Waals surface area contributed by atoms with E-state index in [-0.39, 0.29) is 0 Å². The molecule has 1 nitrogen and oxygen atoms in total. The molecule has 0 aliphatic rings. The van der Waals surface area contributed by atoms with E-state index in [0.717, 1.165) is 29.8 Å². The number of alkyl halides is 3. The maximum Gasteiger partial charge on any atom is 0.416 e. The van der Waals surface area contributed by atoms with Crippen LogP contribution in [0.4, 0.5) is 13.2 Å². The summed E-state index contributed by atoms with van der Waals surface area (Å²) in [6.07, 6.45) is -2.34. The Balaban J connectivity index is 2.94. The molecule has 1 rings (SSSR count). The summed E-state index contributed by atoms with van der Waals surface area (Å²) in [7, 11) is 1.85. The van der Waals surface area contributed by atoms with Gasteiger partial charge in [-0.15, -0.1) is 0 Å². The lowest BCUT2D eigenvalue weighted by atomic mass is 10.00. The molecule has 0 amide bonds. The predicted molar refractivity (Wildman–Crippen MR) is 68.2 cm³/mol. The van der Waals surface area contributed by atoms with Gasteiger partial charge in [0.15, 0.2) is 0 Å². The number of halogens is 3. The molecule has 100 valence electrons. The van der Waals surface area contributed by atoms with Gasteiger partial charge in [0.1, 0.15) is 0 Å². The van der Waals surface area contributed by atoms with Crippen molar-refractivity contribution in [3.8, 4) is 0 Å². The number of hydrogen-bond donors (Lipinski definition) is 1. The van der Waals surface area contributed by atoms with Gasteiger partial charge >= 0.3 is 6.18 Å². The van der Waals surface area contributed by atoms with E-state index in [1.165, 1.54) is 12.1 Å². The van der Waals surface area contributed by atoms with E-state index in [9.17, 15) is 13.2 Å². The zero-order chi connectivity index (χ0) is 13.8. The van der Waals surface area contributed by atoms with Crippen LogP contribution in [0.25, 0.3) is 6.08 Å². The third-order valence-electron chi connectivity index (χ3n) is 2.71. The van der Waals surface area contributed by atoms with Gasteiger partial charge in [-0.1, -0.05) is 37.6 Å². The second-order valence-electron chi connectivity index (χ2n) is 4.52. The number of benzene rings is 1. The van der Waals surface area contributed by atoms with Gasteiger partial charge in [-0.3, -0.25) is 0 Å². The highest BCUT2D eigenvalue weighted by Crippen LogP contribution is 2.29. The average molecular weight is 257 g/mol. The lowest BCUT2D eigenvalue weighted by Gasteiger charge is -2.11. The van der Waals surface area contributed by atoms with Crippen LogP contribution in [-0.4, -0.2) is 13.6 Å². The molecule has 0 bridgehead atoms. The van der Waals surface area contributed by atoms with Gasteiger partial charge in [-0.2, -0.15) is 13.2 Å². The molecule has 0 saturated heterocycles. The minimum atomic E-state index is -4.27. The molecule has 1 aromatic rings. The van der Waals surface area contributed by atoms with Crippen LogP contribution in [0.15, 0.2) is 29.8 Å². The van der Waals surface area contributed by atoms with Crippen LogP contribution in [-0.2, 0) is 6.18 Å². The van der Waals surface area contributed by atoms with Crippen molar-refractivity contribution in [1.82, 2.24) is 5.32 Å². The van der Waals surface area contributed by atoms with Crippen molar-refractivity contribution in [2.75, 3.05) is 13.6 Å². The largest absolute Gasteiger partial charge is 0.416 e. The third-order valence-corrected chi connectivity index (χ3v) is 2.71. The van der Waals surface area contributed by atoms with Gasteiger partial charge in [0.05, 0.1) is 5.56 Å². The Kier molecular flexibility index (Phi) is 4.96. The van der Waals surface area contributed by atoms with Crippen LogP contribution < -0.4 is 5.32 Å². The van der Waals surface area contributed by atoms with Gasteiger partial charge in [-0.05, 0) is 30.7 Å². The predicted octanol–water partition coefficient (Wildman–Crippen LogP) is 3.96. The van der Waals surface area contributed by atoms with E-state index in [2.05, 4.69) is 19.2 Å². The smallest absolute Gasteiger partial charge is 0.316 e. The Morgan fingerprint density at radius 2 is 1.78 bits per heavy atom. The molecule has 4 heteroatoms. The quantitative estimate of drug-likeness (QED) is 0.860. The monoisotopic (exact) mass is 257 g/mol. The number of rotatable bonds is 4. The Morgan fingerprint density at radius 3 is 2.17 bits per heavy atom. The maximum absolute atomic E-state index is 12.4. The number of nitrogens with one attached hydrogen (secondary N) is 1. The van der Waals surface area contributed by atoms with Crippen molar-refractivity contribution < 1.29 is 13.2 Å². The highest BCUT2D eigenvalue weighted by atomic mass is 19.4. The topological polar surface area (TPSA) is 12.0 Å². The highest BCUT2D eigenvalue weighted by molar-refractivity contribution is 5.54. The molecule has 0 aromatic heterocycles. The van der Waals surface area contributed by atoms with E-state index < -0.39 is 11.7 Å². The third kappa shape index (κ3) is 4.18. The zero-order valence-electron chi connectivity index (χ0n) is 10.8. The molecule has 18 heavy (non-hydrogen) atoms. The summed E-state index contributed by atoms with van der Waals surface area (Å²) in [5.74, 6) is 0.361. The molecule has 1 N–H and O–H groups in total. The van der Waals surface area contributed by atoms with Crippen LogP contribution in [0.1, 0.15) is 25.0 Å². The van der Waals surface area contributed by atoms with Gasteiger partial charge in [0, 0.05) is 6.54 Å². The van der Waals surface area contributed by atoms with Crippen molar-refractivity contribution in [2.45, 2.75) is 20.0 Å². The number of likely N-dealkylation sites (N-methyl/N-ethyl adjacent to an activating group) is 1. The standard InChI is InChI=1S/C14H18F3N/c1-10(2)12(9-18-3)8-11-4-6-13(7-5-11)14(15,16)17/h4-8,10,18H,9H2,1-3H3. The van der Waals surface area contributed by atoms with Crippen molar-refractivity contribution in [3.63, 3.8) is 0 Å². The summed E-state index contributed by atoms with van der Waals surface area (Å²) in [6.45, 7) is 4.86. The summed E-state index contributed by atoms with van der Waals surface area (Å²) in [5, 5.41) is 3.06. The van der Waals surface area contributed by atoms with Crippen molar-refractivity contribution in [1.29, 1.82) is 0 Å². The fourth-order valence-electron chi connectivity index (χ4n) is 1.61. The molecule has 0 heterocycles. The first-order valence-electron chi connectivity index (χ1n) is 5.87. The second kappa shape index (κ2) is 6.05.